The number of sulfone groups is 1. The topological polar surface area (TPSA) is 69.2 Å². The number of halogens is 1. The first-order valence-corrected chi connectivity index (χ1v) is 6.88. The fraction of sp³-hybridized carbons (Fsp3) is 0.200. The van der Waals surface area contributed by atoms with E-state index in [1.807, 2.05) is 0 Å². The molecule has 0 aliphatic heterocycles. The Labute approximate surface area is 103 Å². The van der Waals surface area contributed by atoms with Crippen molar-refractivity contribution in [1.29, 1.82) is 0 Å². The molecule has 1 aromatic carbocycles. The minimum absolute atomic E-state index is 0.0733. The number of nitrogens with zero attached hydrogens (tertiary/aromatic N) is 2. The van der Waals surface area contributed by atoms with Crippen LogP contribution in [0.2, 0.25) is 5.15 Å². The minimum Gasteiger partial charge on any atom is -0.495 e. The Morgan fingerprint density at radius 1 is 1.29 bits per heavy atom. The summed E-state index contributed by atoms with van der Waals surface area (Å²) in [5, 5.41) is 0.693. The van der Waals surface area contributed by atoms with Gasteiger partial charge in [-0.3, -0.25) is 0 Å². The van der Waals surface area contributed by atoms with Crippen molar-refractivity contribution in [2.75, 3.05) is 13.4 Å². The average Bonchev–Trinajstić information content (AvgIpc) is 2.26. The molecule has 17 heavy (non-hydrogen) atoms. The molecule has 1 heterocycles. The molecule has 0 atom stereocenters. The predicted molar refractivity (Wildman–Crippen MR) is 64.2 cm³/mol. The number of hydrogen-bond donors (Lipinski definition) is 0. The number of methoxy groups -OCH3 is 1. The highest BCUT2D eigenvalue weighted by molar-refractivity contribution is 7.90. The highest BCUT2D eigenvalue weighted by Crippen LogP contribution is 2.30. The van der Waals surface area contributed by atoms with Crippen molar-refractivity contribution in [3.8, 4) is 5.75 Å². The van der Waals surface area contributed by atoms with Gasteiger partial charge in [0.1, 0.15) is 22.1 Å². The fourth-order valence-corrected chi connectivity index (χ4v) is 2.52. The Kier molecular flexibility index (Phi) is 2.92. The third-order valence-corrected chi connectivity index (χ3v) is 3.69. The third-order valence-electron chi connectivity index (χ3n) is 2.27. The van der Waals surface area contributed by atoms with Gasteiger partial charge in [-0.15, -0.1) is 0 Å². The Hall–Kier alpha value is -1.40. The first-order valence-electron chi connectivity index (χ1n) is 4.62. The van der Waals surface area contributed by atoms with Gasteiger partial charge in [-0.2, -0.15) is 0 Å². The van der Waals surface area contributed by atoms with Gasteiger partial charge in [0, 0.05) is 17.7 Å². The molecule has 2 aromatic rings. The van der Waals surface area contributed by atoms with Gasteiger partial charge in [0.05, 0.1) is 12.6 Å². The van der Waals surface area contributed by atoms with Crippen LogP contribution in [0.1, 0.15) is 0 Å². The molecule has 0 fully saturated rings. The van der Waals surface area contributed by atoms with Crippen LogP contribution in [0, 0.1) is 0 Å². The van der Waals surface area contributed by atoms with Crippen molar-refractivity contribution in [2.45, 2.75) is 4.90 Å². The van der Waals surface area contributed by atoms with Crippen molar-refractivity contribution in [3.05, 3.63) is 23.6 Å². The molecular weight excluding hydrogens is 264 g/mol. The second-order valence-corrected chi connectivity index (χ2v) is 5.80. The third kappa shape index (κ3) is 2.18. The van der Waals surface area contributed by atoms with Gasteiger partial charge in [0.2, 0.25) is 0 Å². The van der Waals surface area contributed by atoms with Crippen LogP contribution in [0.4, 0.5) is 0 Å². The highest BCUT2D eigenvalue weighted by atomic mass is 35.5. The molecule has 0 radical (unpaired) electrons. The summed E-state index contributed by atoms with van der Waals surface area (Å²) in [6.07, 6.45) is 2.42. The summed E-state index contributed by atoms with van der Waals surface area (Å²) < 4.78 is 28.2. The molecular formula is C10H9ClN2O3S. The molecule has 0 aliphatic carbocycles. The zero-order chi connectivity index (χ0) is 12.6. The van der Waals surface area contributed by atoms with E-state index in [1.165, 1.54) is 25.6 Å². The second-order valence-electron chi connectivity index (χ2n) is 3.46. The van der Waals surface area contributed by atoms with Gasteiger partial charge in [0.15, 0.2) is 9.84 Å². The molecule has 90 valence electrons. The normalized spacial score (nSPS) is 11.7. The lowest BCUT2D eigenvalue weighted by Crippen LogP contribution is -2.01. The summed E-state index contributed by atoms with van der Waals surface area (Å²) in [6.45, 7) is 0. The van der Waals surface area contributed by atoms with E-state index in [-0.39, 0.29) is 15.8 Å². The first-order chi connectivity index (χ1) is 7.93. The van der Waals surface area contributed by atoms with Crippen LogP contribution >= 0.6 is 11.6 Å². The molecule has 0 saturated heterocycles. The molecule has 0 unspecified atom stereocenters. The Morgan fingerprint density at radius 3 is 2.59 bits per heavy atom. The van der Waals surface area contributed by atoms with Gasteiger partial charge < -0.3 is 4.74 Å². The summed E-state index contributed by atoms with van der Waals surface area (Å²) in [6, 6.07) is 2.95. The van der Waals surface area contributed by atoms with Gasteiger partial charge >= 0.3 is 0 Å². The molecule has 5 nitrogen and oxygen atoms in total. The fourth-order valence-electron chi connectivity index (χ4n) is 1.48. The van der Waals surface area contributed by atoms with Crippen LogP contribution < -0.4 is 4.74 Å². The molecule has 0 N–H and O–H groups in total. The largest absolute Gasteiger partial charge is 0.495 e. The number of rotatable bonds is 2. The molecule has 7 heteroatoms. The Balaban J connectivity index is 2.89. The lowest BCUT2D eigenvalue weighted by atomic mass is 10.2. The molecule has 2 rings (SSSR count). The van der Waals surface area contributed by atoms with E-state index in [0.717, 1.165) is 6.26 Å². The van der Waals surface area contributed by atoms with Gasteiger partial charge in [-0.25, -0.2) is 18.4 Å². The molecule has 0 aliphatic rings. The summed E-state index contributed by atoms with van der Waals surface area (Å²) in [5.41, 5.74) is 0.536. The van der Waals surface area contributed by atoms with Crippen molar-refractivity contribution >= 4 is 32.3 Å². The molecule has 0 amide bonds. The first kappa shape index (κ1) is 12.1. The van der Waals surface area contributed by atoms with Gasteiger partial charge in [-0.05, 0) is 6.07 Å². The Bertz CT molecular complexity index is 685. The summed E-state index contributed by atoms with van der Waals surface area (Å²) in [7, 11) is -1.99. The lowest BCUT2D eigenvalue weighted by Gasteiger charge is -2.08. The van der Waals surface area contributed by atoms with E-state index >= 15 is 0 Å². The SMILES string of the molecule is COc1cc2ncnc(Cl)c2cc1S(C)(=O)=O. The average molecular weight is 273 g/mol. The van der Waals surface area contributed by atoms with Crippen LogP contribution in [0.3, 0.4) is 0 Å². The Morgan fingerprint density at radius 2 is 2.00 bits per heavy atom. The maximum Gasteiger partial charge on any atom is 0.179 e. The zero-order valence-electron chi connectivity index (χ0n) is 9.14. The van der Waals surface area contributed by atoms with E-state index in [2.05, 4.69) is 9.97 Å². The quantitative estimate of drug-likeness (QED) is 0.778. The van der Waals surface area contributed by atoms with Crippen LogP contribution in [-0.4, -0.2) is 31.8 Å². The number of hydrogen-bond acceptors (Lipinski definition) is 5. The maximum absolute atomic E-state index is 11.6. The number of benzene rings is 1. The van der Waals surface area contributed by atoms with Crippen LogP contribution in [0.5, 0.6) is 5.75 Å². The van der Waals surface area contributed by atoms with E-state index < -0.39 is 9.84 Å². The number of ether oxygens (including phenoxy) is 1. The smallest absolute Gasteiger partial charge is 0.179 e. The monoisotopic (exact) mass is 272 g/mol. The van der Waals surface area contributed by atoms with Crippen LogP contribution in [-0.2, 0) is 9.84 Å². The van der Waals surface area contributed by atoms with E-state index in [4.69, 9.17) is 16.3 Å². The van der Waals surface area contributed by atoms with Crippen molar-refractivity contribution < 1.29 is 13.2 Å². The lowest BCUT2D eigenvalue weighted by molar-refractivity contribution is 0.403. The van der Waals surface area contributed by atoms with Crippen molar-refractivity contribution in [2.24, 2.45) is 0 Å². The molecule has 0 spiro atoms. The summed E-state index contributed by atoms with van der Waals surface area (Å²) in [4.78, 5) is 7.88. The maximum atomic E-state index is 11.6. The van der Waals surface area contributed by atoms with Crippen LogP contribution in [0.15, 0.2) is 23.4 Å². The van der Waals surface area contributed by atoms with E-state index in [9.17, 15) is 8.42 Å². The number of aromatic nitrogens is 2. The van der Waals surface area contributed by atoms with Gasteiger partial charge in [0.25, 0.3) is 0 Å². The van der Waals surface area contributed by atoms with Crippen molar-refractivity contribution in [1.82, 2.24) is 9.97 Å². The predicted octanol–water partition coefficient (Wildman–Crippen LogP) is 1.70. The van der Waals surface area contributed by atoms with Gasteiger partial charge in [-0.1, -0.05) is 11.6 Å². The van der Waals surface area contributed by atoms with E-state index in [1.54, 1.807) is 0 Å². The standard InChI is InChI=1S/C10H9ClN2O3S/c1-16-8-4-7-6(10(11)13-5-12-7)3-9(8)17(2,14)15/h3-5H,1-2H3. The number of fused-ring (bicyclic) bond motifs is 1. The van der Waals surface area contributed by atoms with E-state index in [0.29, 0.717) is 10.9 Å². The highest BCUT2D eigenvalue weighted by Gasteiger charge is 2.17. The van der Waals surface area contributed by atoms with Crippen LogP contribution in [0.25, 0.3) is 10.9 Å². The summed E-state index contributed by atoms with van der Waals surface area (Å²) in [5.74, 6) is 0.245. The second kappa shape index (κ2) is 4.12. The summed E-state index contributed by atoms with van der Waals surface area (Å²) >= 11 is 5.89. The molecule has 0 bridgehead atoms. The minimum atomic E-state index is -3.39. The molecule has 1 aromatic heterocycles. The van der Waals surface area contributed by atoms with Crippen molar-refractivity contribution in [3.63, 3.8) is 0 Å². The molecule has 0 saturated carbocycles. The zero-order valence-corrected chi connectivity index (χ0v) is 10.7.